The Morgan fingerprint density at radius 3 is 2.71 bits per heavy atom. The number of fused-ring (bicyclic) bond motifs is 1. The molecule has 1 N–H and O–H groups in total. The molecule has 0 bridgehead atoms. The number of ether oxygens (including phenoxy) is 2. The van der Waals surface area contributed by atoms with Gasteiger partial charge in [0.1, 0.15) is 6.10 Å². The summed E-state index contributed by atoms with van der Waals surface area (Å²) in [5.41, 5.74) is -0.850. The van der Waals surface area contributed by atoms with Crippen molar-refractivity contribution >= 4 is 5.78 Å². The topological polar surface area (TPSA) is 55.8 Å². The van der Waals surface area contributed by atoms with E-state index in [2.05, 4.69) is 0 Å². The molecule has 0 aromatic rings. The first-order chi connectivity index (χ1) is 6.39. The van der Waals surface area contributed by atoms with Gasteiger partial charge in [-0.1, -0.05) is 0 Å². The van der Waals surface area contributed by atoms with Crippen molar-refractivity contribution in [1.82, 2.24) is 0 Å². The number of carbonyl (C=O) groups is 1. The molecule has 2 fully saturated rings. The normalized spacial score (nSPS) is 45.6. The monoisotopic (exact) mass is 200 g/mol. The molecule has 4 nitrogen and oxygen atoms in total. The zero-order valence-electron chi connectivity index (χ0n) is 8.74. The van der Waals surface area contributed by atoms with Crippen molar-refractivity contribution in [1.29, 1.82) is 0 Å². The number of aliphatic hydroxyl groups is 1. The fourth-order valence-corrected chi connectivity index (χ4v) is 2.48. The van der Waals surface area contributed by atoms with Gasteiger partial charge in [-0.2, -0.15) is 0 Å². The molecule has 2 rings (SSSR count). The summed E-state index contributed by atoms with van der Waals surface area (Å²) in [6.45, 7) is 5.31. The Morgan fingerprint density at radius 1 is 1.50 bits per heavy atom. The fraction of sp³-hybridized carbons (Fsp3) is 0.900. The van der Waals surface area contributed by atoms with Gasteiger partial charge >= 0.3 is 0 Å². The maximum absolute atomic E-state index is 11.7. The van der Waals surface area contributed by atoms with Crippen LogP contribution in [-0.2, 0) is 14.3 Å². The summed E-state index contributed by atoms with van der Waals surface area (Å²) in [5, 5.41) is 9.13. The predicted molar refractivity (Wildman–Crippen MR) is 48.6 cm³/mol. The molecular formula is C10H16O4. The number of aliphatic hydroxyl groups excluding tert-OH is 1. The van der Waals surface area contributed by atoms with Crippen LogP contribution in [0, 0.1) is 5.92 Å². The number of ketones is 1. The van der Waals surface area contributed by atoms with Gasteiger partial charge in [-0.3, -0.25) is 4.79 Å². The van der Waals surface area contributed by atoms with Crippen molar-refractivity contribution in [3.05, 3.63) is 0 Å². The van der Waals surface area contributed by atoms with E-state index < -0.39 is 11.4 Å². The van der Waals surface area contributed by atoms with Crippen LogP contribution in [0.25, 0.3) is 0 Å². The third-order valence-electron chi connectivity index (χ3n) is 3.08. The van der Waals surface area contributed by atoms with Crippen molar-refractivity contribution in [2.75, 3.05) is 6.61 Å². The summed E-state index contributed by atoms with van der Waals surface area (Å²) in [6.07, 6.45) is 0.0586. The third kappa shape index (κ3) is 1.21. The van der Waals surface area contributed by atoms with Gasteiger partial charge in [0, 0.05) is 18.9 Å². The molecule has 0 radical (unpaired) electrons. The summed E-state index contributed by atoms with van der Waals surface area (Å²) in [5.74, 6) is -0.801. The van der Waals surface area contributed by atoms with Crippen molar-refractivity contribution in [3.63, 3.8) is 0 Å². The Labute approximate surface area is 83.2 Å². The van der Waals surface area contributed by atoms with Gasteiger partial charge in [-0.25, -0.2) is 0 Å². The Balaban J connectivity index is 2.30. The van der Waals surface area contributed by atoms with E-state index >= 15 is 0 Å². The molecule has 1 saturated heterocycles. The first kappa shape index (κ1) is 10.1. The molecule has 0 aromatic carbocycles. The van der Waals surface area contributed by atoms with Crippen molar-refractivity contribution < 1.29 is 19.4 Å². The van der Waals surface area contributed by atoms with Crippen LogP contribution in [0.1, 0.15) is 27.2 Å². The van der Waals surface area contributed by atoms with Gasteiger partial charge in [-0.05, 0) is 20.8 Å². The molecule has 1 heterocycles. The number of hydrogen-bond acceptors (Lipinski definition) is 4. The van der Waals surface area contributed by atoms with Crippen molar-refractivity contribution in [3.8, 4) is 0 Å². The van der Waals surface area contributed by atoms with Gasteiger partial charge in [0.05, 0.1) is 0 Å². The summed E-state index contributed by atoms with van der Waals surface area (Å²) in [6, 6.07) is 0. The molecular weight excluding hydrogens is 184 g/mol. The highest BCUT2D eigenvalue weighted by atomic mass is 16.8. The minimum atomic E-state index is -0.850. The minimum absolute atomic E-state index is 0.0224. The van der Waals surface area contributed by atoms with Crippen molar-refractivity contribution in [2.24, 2.45) is 5.92 Å². The second-order valence-electron chi connectivity index (χ2n) is 4.72. The Hall–Kier alpha value is -0.450. The van der Waals surface area contributed by atoms with E-state index in [9.17, 15) is 4.79 Å². The van der Waals surface area contributed by atoms with E-state index in [4.69, 9.17) is 14.6 Å². The molecule has 0 aromatic heterocycles. The van der Waals surface area contributed by atoms with Gasteiger partial charge in [0.2, 0.25) is 0 Å². The lowest BCUT2D eigenvalue weighted by molar-refractivity contribution is -0.175. The molecule has 0 unspecified atom stereocenters. The van der Waals surface area contributed by atoms with E-state index in [0.29, 0.717) is 6.42 Å². The highest BCUT2D eigenvalue weighted by Gasteiger charge is 2.61. The third-order valence-corrected chi connectivity index (χ3v) is 3.08. The zero-order valence-corrected chi connectivity index (χ0v) is 8.74. The lowest BCUT2D eigenvalue weighted by Crippen LogP contribution is -2.40. The molecule has 1 aliphatic carbocycles. The van der Waals surface area contributed by atoms with Crippen LogP contribution < -0.4 is 0 Å². The lowest BCUT2D eigenvalue weighted by Gasteiger charge is -2.21. The maximum atomic E-state index is 11.7. The average molecular weight is 200 g/mol. The summed E-state index contributed by atoms with van der Waals surface area (Å²) >= 11 is 0. The number of hydrogen-bond donors (Lipinski definition) is 1. The van der Waals surface area contributed by atoms with Crippen molar-refractivity contribution in [2.45, 2.75) is 44.7 Å². The first-order valence-electron chi connectivity index (χ1n) is 4.91. The molecule has 4 heteroatoms. The standard InChI is InChI=1S/C10H16O4/c1-9(2)13-8-6(5-11)4-7(12)10(8,3)14-9/h6,8,11H,4-5H2,1-3H3/t6-,8-,10+/m1/s1. The fourth-order valence-electron chi connectivity index (χ4n) is 2.48. The van der Waals surface area contributed by atoms with Gasteiger partial charge in [-0.15, -0.1) is 0 Å². The second-order valence-corrected chi connectivity index (χ2v) is 4.72. The number of rotatable bonds is 1. The van der Waals surface area contributed by atoms with Gasteiger partial charge in [0.15, 0.2) is 17.2 Å². The zero-order chi connectivity index (χ0) is 10.6. The molecule has 1 saturated carbocycles. The molecule has 0 amide bonds. The molecule has 14 heavy (non-hydrogen) atoms. The quantitative estimate of drug-likeness (QED) is 0.668. The van der Waals surface area contributed by atoms with Crippen LogP contribution >= 0.6 is 0 Å². The molecule has 0 spiro atoms. The van der Waals surface area contributed by atoms with Gasteiger partial charge < -0.3 is 14.6 Å². The van der Waals surface area contributed by atoms with E-state index in [0.717, 1.165) is 0 Å². The van der Waals surface area contributed by atoms with Crippen LogP contribution in [0.15, 0.2) is 0 Å². The van der Waals surface area contributed by atoms with Gasteiger partial charge in [0.25, 0.3) is 0 Å². The Morgan fingerprint density at radius 2 is 2.14 bits per heavy atom. The highest BCUT2D eigenvalue weighted by molar-refractivity contribution is 5.91. The van der Waals surface area contributed by atoms with Crippen LogP contribution in [0.4, 0.5) is 0 Å². The maximum Gasteiger partial charge on any atom is 0.167 e. The predicted octanol–water partition coefficient (Wildman–Crippen LogP) is 0.478. The summed E-state index contributed by atoms with van der Waals surface area (Å²) in [4.78, 5) is 11.7. The van der Waals surface area contributed by atoms with Crippen LogP contribution in [0.5, 0.6) is 0 Å². The largest absolute Gasteiger partial charge is 0.396 e. The Kier molecular flexibility index (Phi) is 2.00. The summed E-state index contributed by atoms with van der Waals surface area (Å²) < 4.78 is 11.3. The van der Waals surface area contributed by atoms with E-state index in [1.165, 1.54) is 0 Å². The summed E-state index contributed by atoms with van der Waals surface area (Å²) in [7, 11) is 0. The Bertz CT molecular complexity index is 273. The number of carbonyl (C=O) groups excluding carboxylic acids is 1. The van der Waals surface area contributed by atoms with E-state index in [1.807, 2.05) is 0 Å². The van der Waals surface area contributed by atoms with Crippen LogP contribution in [-0.4, -0.2) is 35.0 Å². The minimum Gasteiger partial charge on any atom is -0.396 e. The number of Topliss-reactive ketones (excluding diaryl/α,β-unsaturated/α-hetero) is 1. The van der Waals surface area contributed by atoms with Crippen LogP contribution in [0.2, 0.25) is 0 Å². The molecule has 3 atom stereocenters. The second kappa shape index (κ2) is 2.78. The lowest BCUT2D eigenvalue weighted by atomic mass is 9.99. The molecule has 80 valence electrons. The average Bonchev–Trinajstić information content (AvgIpc) is 2.42. The van der Waals surface area contributed by atoms with Crippen LogP contribution in [0.3, 0.4) is 0 Å². The van der Waals surface area contributed by atoms with E-state index in [1.54, 1.807) is 20.8 Å². The SMILES string of the molecule is CC1(C)O[C@@H]2[C@@H](CO)CC(=O)[C@]2(C)O1. The molecule has 1 aliphatic heterocycles. The smallest absolute Gasteiger partial charge is 0.167 e. The highest BCUT2D eigenvalue weighted by Crippen LogP contribution is 2.46. The molecule has 2 aliphatic rings. The van der Waals surface area contributed by atoms with E-state index in [-0.39, 0.29) is 24.4 Å². The first-order valence-corrected chi connectivity index (χ1v) is 4.91.